The molecule has 1 spiro atoms. The van der Waals surface area contributed by atoms with Crippen molar-refractivity contribution in [3.05, 3.63) is 35.7 Å². The molecule has 2 aromatic rings. The largest absolute Gasteiger partial charge is 0.456 e. The first kappa shape index (κ1) is 21.0. The summed E-state index contributed by atoms with van der Waals surface area (Å²) < 4.78 is 6.60. The lowest BCUT2D eigenvalue weighted by atomic mass is 9.71. The number of likely N-dealkylation sites (tertiary alicyclic amines) is 2. The molecular formula is C21H28N8O3. The number of nitrogens with zero attached hydrogens (tertiary/aromatic N) is 8. The number of esters is 1. The number of aliphatic hydroxyl groups is 1. The van der Waals surface area contributed by atoms with Crippen molar-refractivity contribution in [2.75, 3.05) is 39.3 Å². The maximum Gasteiger partial charge on any atom is 0.335 e. The zero-order valence-corrected chi connectivity index (χ0v) is 18.2. The first-order valence-corrected chi connectivity index (χ1v) is 11.1. The summed E-state index contributed by atoms with van der Waals surface area (Å²) in [7, 11) is 0. The Kier molecular flexibility index (Phi) is 5.60. The fraction of sp³-hybridized carbons (Fsp3) is 0.619. The van der Waals surface area contributed by atoms with Gasteiger partial charge in [0.15, 0.2) is 5.82 Å². The maximum atomic E-state index is 11.7. The minimum atomic E-state index is -0.718. The van der Waals surface area contributed by atoms with E-state index in [0.29, 0.717) is 30.1 Å². The van der Waals surface area contributed by atoms with Gasteiger partial charge in [-0.2, -0.15) is 4.68 Å². The molecule has 3 aliphatic rings. The van der Waals surface area contributed by atoms with E-state index in [4.69, 9.17) is 4.74 Å². The second-order valence-electron chi connectivity index (χ2n) is 9.01. The number of carbonyl (C=O) groups is 1. The number of hydrogen-bond acceptors (Lipinski definition) is 10. The van der Waals surface area contributed by atoms with Crippen LogP contribution in [-0.4, -0.2) is 90.4 Å². The third kappa shape index (κ3) is 4.09. The Bertz CT molecular complexity index is 990. The van der Waals surface area contributed by atoms with Crippen LogP contribution in [0.3, 0.4) is 0 Å². The first-order valence-electron chi connectivity index (χ1n) is 11.1. The van der Waals surface area contributed by atoms with Crippen LogP contribution in [0.2, 0.25) is 0 Å². The minimum Gasteiger partial charge on any atom is -0.456 e. The van der Waals surface area contributed by atoms with Crippen molar-refractivity contribution < 1.29 is 14.6 Å². The van der Waals surface area contributed by atoms with E-state index in [9.17, 15) is 9.90 Å². The standard InChI is InChI=1S/C21H28N8O3/c1-15-17(13-32-20(15)31)28-8-4-21(5-9-28)2-6-27(7-3-21)12-18(30)16-10-22-11-19(24-16)29-14-23-25-26-29/h10-11,14,18,30H,2-9,12-13H2,1H3/t18-/m0/s1. The molecule has 1 atom stereocenters. The molecule has 1 N–H and O–H groups in total. The molecular weight excluding hydrogens is 412 g/mol. The van der Waals surface area contributed by atoms with Crippen molar-refractivity contribution in [3.8, 4) is 5.82 Å². The second kappa shape index (κ2) is 8.55. The van der Waals surface area contributed by atoms with E-state index < -0.39 is 6.10 Å². The minimum absolute atomic E-state index is 0.180. The lowest BCUT2D eigenvalue weighted by molar-refractivity contribution is -0.136. The topological polar surface area (TPSA) is 122 Å². The number of aromatic nitrogens is 6. The third-order valence-corrected chi connectivity index (χ3v) is 7.20. The number of ether oxygens (including phenoxy) is 1. The zero-order valence-electron chi connectivity index (χ0n) is 18.2. The average Bonchev–Trinajstić information content (AvgIpc) is 3.47. The fourth-order valence-corrected chi connectivity index (χ4v) is 5.00. The van der Waals surface area contributed by atoms with E-state index in [1.165, 1.54) is 11.0 Å². The van der Waals surface area contributed by atoms with E-state index in [0.717, 1.165) is 63.1 Å². The molecule has 2 aromatic heterocycles. The summed E-state index contributed by atoms with van der Waals surface area (Å²) in [4.78, 5) is 25.0. The molecule has 0 radical (unpaired) electrons. The van der Waals surface area contributed by atoms with Gasteiger partial charge in [0.05, 0.1) is 29.4 Å². The average molecular weight is 441 g/mol. The molecule has 0 aliphatic carbocycles. The normalized spacial score (nSPS) is 22.4. The third-order valence-electron chi connectivity index (χ3n) is 7.20. The summed E-state index contributed by atoms with van der Waals surface area (Å²) >= 11 is 0. The highest BCUT2D eigenvalue weighted by Crippen LogP contribution is 2.42. The molecule has 32 heavy (non-hydrogen) atoms. The molecule has 11 nitrogen and oxygen atoms in total. The van der Waals surface area contributed by atoms with E-state index in [2.05, 4.69) is 35.3 Å². The van der Waals surface area contributed by atoms with E-state index in [1.807, 2.05) is 6.92 Å². The van der Waals surface area contributed by atoms with Gasteiger partial charge in [-0.1, -0.05) is 0 Å². The lowest BCUT2D eigenvalue weighted by Crippen LogP contribution is -2.47. The van der Waals surface area contributed by atoms with E-state index in [1.54, 1.807) is 12.4 Å². The van der Waals surface area contributed by atoms with Crippen LogP contribution >= 0.6 is 0 Å². The van der Waals surface area contributed by atoms with Gasteiger partial charge in [-0.15, -0.1) is 5.10 Å². The Hall–Kier alpha value is -2.92. The Morgan fingerprint density at radius 1 is 1.16 bits per heavy atom. The summed E-state index contributed by atoms with van der Waals surface area (Å²) in [5.74, 6) is 0.302. The number of rotatable bonds is 5. The molecule has 3 aliphatic heterocycles. The van der Waals surface area contributed by atoms with Crippen LogP contribution in [0.5, 0.6) is 0 Å². The van der Waals surface area contributed by atoms with Crippen molar-refractivity contribution in [1.82, 2.24) is 40.0 Å². The van der Waals surface area contributed by atoms with Gasteiger partial charge in [-0.05, 0) is 61.5 Å². The van der Waals surface area contributed by atoms with Gasteiger partial charge in [0, 0.05) is 19.6 Å². The molecule has 0 unspecified atom stereocenters. The molecule has 0 amide bonds. The fourth-order valence-electron chi connectivity index (χ4n) is 5.00. The van der Waals surface area contributed by atoms with Crippen molar-refractivity contribution in [1.29, 1.82) is 0 Å². The van der Waals surface area contributed by atoms with Gasteiger partial charge in [-0.3, -0.25) is 4.98 Å². The highest BCUT2D eigenvalue weighted by Gasteiger charge is 2.39. The SMILES string of the molecule is CC1=C(N2CCC3(CCN(C[C@H](O)c4cncc(-n5cnnn5)n4)CC3)CC2)COC1=O. The molecule has 5 rings (SSSR count). The monoisotopic (exact) mass is 440 g/mol. The maximum absolute atomic E-state index is 11.7. The quantitative estimate of drug-likeness (QED) is 0.657. The number of aliphatic hydroxyl groups excluding tert-OH is 1. The van der Waals surface area contributed by atoms with Gasteiger partial charge in [0.2, 0.25) is 0 Å². The molecule has 2 saturated heterocycles. The van der Waals surface area contributed by atoms with E-state index >= 15 is 0 Å². The highest BCUT2D eigenvalue weighted by atomic mass is 16.5. The Morgan fingerprint density at radius 3 is 2.56 bits per heavy atom. The van der Waals surface area contributed by atoms with Gasteiger partial charge >= 0.3 is 5.97 Å². The summed E-state index contributed by atoms with van der Waals surface area (Å²) in [6.45, 7) is 6.68. The molecule has 170 valence electrons. The zero-order chi connectivity index (χ0) is 22.1. The molecule has 0 saturated carbocycles. The molecule has 0 aromatic carbocycles. The Morgan fingerprint density at radius 2 is 1.91 bits per heavy atom. The summed E-state index contributed by atoms with van der Waals surface area (Å²) in [6.07, 6.45) is 8.40. The number of cyclic esters (lactones) is 1. The number of tetrazole rings is 1. The summed E-state index contributed by atoms with van der Waals surface area (Å²) in [5, 5.41) is 21.8. The van der Waals surface area contributed by atoms with Crippen molar-refractivity contribution in [3.63, 3.8) is 0 Å². The van der Waals surface area contributed by atoms with Crippen LogP contribution in [0, 0.1) is 5.41 Å². The van der Waals surface area contributed by atoms with Crippen LogP contribution in [0.4, 0.5) is 0 Å². The van der Waals surface area contributed by atoms with Crippen LogP contribution < -0.4 is 0 Å². The van der Waals surface area contributed by atoms with Crippen LogP contribution in [0.1, 0.15) is 44.4 Å². The number of carbonyl (C=O) groups excluding carboxylic acids is 1. The van der Waals surface area contributed by atoms with E-state index in [-0.39, 0.29) is 5.97 Å². The summed E-state index contributed by atoms with van der Waals surface area (Å²) in [6, 6.07) is 0. The van der Waals surface area contributed by atoms with Crippen molar-refractivity contribution in [2.24, 2.45) is 5.41 Å². The van der Waals surface area contributed by atoms with Gasteiger partial charge in [0.25, 0.3) is 0 Å². The highest BCUT2D eigenvalue weighted by molar-refractivity contribution is 5.90. The Balaban J connectivity index is 1.14. The number of piperidine rings is 2. The van der Waals surface area contributed by atoms with Gasteiger partial charge < -0.3 is 19.6 Å². The predicted octanol–water partition coefficient (Wildman–Crippen LogP) is 0.495. The van der Waals surface area contributed by atoms with Crippen molar-refractivity contribution in [2.45, 2.75) is 38.7 Å². The predicted molar refractivity (Wildman–Crippen MR) is 112 cm³/mol. The molecule has 5 heterocycles. The Labute approximate surface area is 186 Å². The lowest BCUT2D eigenvalue weighted by Gasteiger charge is -2.47. The number of hydrogen-bond donors (Lipinski definition) is 1. The van der Waals surface area contributed by atoms with Gasteiger partial charge in [0.1, 0.15) is 19.0 Å². The van der Waals surface area contributed by atoms with Crippen LogP contribution in [0.15, 0.2) is 30.0 Å². The van der Waals surface area contributed by atoms with Crippen LogP contribution in [0.25, 0.3) is 5.82 Å². The van der Waals surface area contributed by atoms with Crippen molar-refractivity contribution >= 4 is 5.97 Å². The first-order chi connectivity index (χ1) is 15.5. The summed E-state index contributed by atoms with van der Waals surface area (Å²) in [5.41, 5.74) is 2.70. The van der Waals surface area contributed by atoms with Gasteiger partial charge in [-0.25, -0.2) is 9.78 Å². The molecule has 11 heteroatoms. The molecule has 2 fully saturated rings. The molecule has 0 bridgehead atoms. The second-order valence-corrected chi connectivity index (χ2v) is 9.01. The number of β-amino-alcohol motifs (C(OH)–C–C–N with tert-alkyl or cyclic N) is 1. The smallest absolute Gasteiger partial charge is 0.335 e. The van der Waals surface area contributed by atoms with Crippen LogP contribution in [-0.2, 0) is 9.53 Å².